The van der Waals surface area contributed by atoms with E-state index in [0.29, 0.717) is 24.7 Å². The fourth-order valence-corrected chi connectivity index (χ4v) is 2.55. The number of hydrogen-bond acceptors (Lipinski definition) is 5. The molecule has 2 unspecified atom stereocenters. The second kappa shape index (κ2) is 13.2. The van der Waals surface area contributed by atoms with Crippen molar-refractivity contribution >= 4 is 30.7 Å². The Bertz CT molecular complexity index is 717. The minimum Gasteiger partial charge on any atom is -0.493 e. The molecule has 0 aliphatic rings. The molecule has 0 spiro atoms. The molecule has 2 atom stereocenters. The van der Waals surface area contributed by atoms with Gasteiger partial charge >= 0.3 is 0 Å². The molecule has 0 bridgehead atoms. The normalized spacial score (nSPS) is 12.0. The summed E-state index contributed by atoms with van der Waals surface area (Å²) in [6.45, 7) is 4.93. The van der Waals surface area contributed by atoms with Crippen LogP contribution in [0.1, 0.15) is 31.0 Å². The molecular formula is C20H29Cl2N3O3. The first-order chi connectivity index (χ1) is 12.5. The zero-order valence-electron chi connectivity index (χ0n) is 16.6. The van der Waals surface area contributed by atoms with Crippen molar-refractivity contribution in [1.82, 2.24) is 15.6 Å². The number of carbonyl (C=O) groups excluding carboxylic acids is 1. The van der Waals surface area contributed by atoms with Crippen LogP contribution in [0.2, 0.25) is 0 Å². The molecule has 1 aromatic heterocycles. The quantitative estimate of drug-likeness (QED) is 0.637. The molecule has 0 saturated heterocycles. The van der Waals surface area contributed by atoms with Gasteiger partial charge in [0.25, 0.3) is 0 Å². The minimum absolute atomic E-state index is 0. The van der Waals surface area contributed by atoms with E-state index in [1.165, 1.54) is 0 Å². The summed E-state index contributed by atoms with van der Waals surface area (Å²) in [6, 6.07) is 9.41. The van der Waals surface area contributed by atoms with E-state index in [4.69, 9.17) is 9.47 Å². The van der Waals surface area contributed by atoms with E-state index in [-0.39, 0.29) is 42.7 Å². The number of hydrogen-bond donors (Lipinski definition) is 2. The predicted molar refractivity (Wildman–Crippen MR) is 116 cm³/mol. The van der Waals surface area contributed by atoms with Crippen LogP contribution in [0.3, 0.4) is 0 Å². The van der Waals surface area contributed by atoms with Gasteiger partial charge in [-0.2, -0.15) is 0 Å². The molecule has 28 heavy (non-hydrogen) atoms. The van der Waals surface area contributed by atoms with Gasteiger partial charge in [0.05, 0.1) is 13.2 Å². The average molecular weight is 430 g/mol. The Labute approximate surface area is 179 Å². The zero-order valence-corrected chi connectivity index (χ0v) is 18.2. The molecule has 0 fully saturated rings. The van der Waals surface area contributed by atoms with Crippen LogP contribution in [-0.2, 0) is 11.4 Å². The molecular weight excluding hydrogens is 401 g/mol. The smallest absolute Gasteiger partial charge is 0.224 e. The maximum absolute atomic E-state index is 12.2. The number of methoxy groups -OCH3 is 1. The first kappa shape index (κ1) is 26.0. The number of nitrogens with one attached hydrogen (secondary N) is 2. The second-order valence-electron chi connectivity index (χ2n) is 6.24. The van der Waals surface area contributed by atoms with E-state index in [9.17, 15) is 4.79 Å². The second-order valence-corrected chi connectivity index (χ2v) is 6.24. The molecule has 1 amide bonds. The lowest BCUT2D eigenvalue weighted by Gasteiger charge is -2.19. The summed E-state index contributed by atoms with van der Waals surface area (Å²) in [7, 11) is 3.44. The Morgan fingerprint density at radius 1 is 1.11 bits per heavy atom. The van der Waals surface area contributed by atoms with Crippen LogP contribution in [-0.4, -0.2) is 31.6 Å². The molecule has 8 heteroatoms. The fraction of sp³-hybridized carbons (Fsp3) is 0.400. The fourth-order valence-electron chi connectivity index (χ4n) is 2.55. The lowest BCUT2D eigenvalue weighted by Crippen LogP contribution is -2.35. The van der Waals surface area contributed by atoms with Crippen LogP contribution in [0, 0.1) is 5.92 Å². The van der Waals surface area contributed by atoms with Gasteiger partial charge in [-0.3, -0.25) is 9.78 Å². The number of pyridine rings is 1. The highest BCUT2D eigenvalue weighted by molar-refractivity contribution is 5.85. The van der Waals surface area contributed by atoms with E-state index >= 15 is 0 Å². The van der Waals surface area contributed by atoms with Crippen molar-refractivity contribution in [3.63, 3.8) is 0 Å². The third-order valence-electron chi connectivity index (χ3n) is 4.15. The highest BCUT2D eigenvalue weighted by atomic mass is 35.5. The zero-order chi connectivity index (χ0) is 18.9. The molecule has 0 saturated carbocycles. The van der Waals surface area contributed by atoms with Crippen molar-refractivity contribution in [3.8, 4) is 11.5 Å². The van der Waals surface area contributed by atoms with Crippen LogP contribution in [0.4, 0.5) is 0 Å². The van der Waals surface area contributed by atoms with Gasteiger partial charge in [0.15, 0.2) is 11.5 Å². The Morgan fingerprint density at radius 3 is 2.39 bits per heavy atom. The predicted octanol–water partition coefficient (Wildman–Crippen LogP) is 3.55. The van der Waals surface area contributed by atoms with Crippen molar-refractivity contribution in [3.05, 3.63) is 53.9 Å². The number of nitrogens with zero attached hydrogens (tertiary/aromatic N) is 1. The molecule has 0 radical (unpaired) electrons. The van der Waals surface area contributed by atoms with Gasteiger partial charge < -0.3 is 20.1 Å². The van der Waals surface area contributed by atoms with Crippen molar-refractivity contribution in [1.29, 1.82) is 0 Å². The van der Waals surface area contributed by atoms with E-state index in [2.05, 4.69) is 15.6 Å². The van der Waals surface area contributed by atoms with Crippen molar-refractivity contribution in [2.45, 2.75) is 26.5 Å². The lowest BCUT2D eigenvalue weighted by molar-refractivity contribution is -0.125. The van der Waals surface area contributed by atoms with E-state index in [1.54, 1.807) is 19.5 Å². The highest BCUT2D eigenvalue weighted by Crippen LogP contribution is 2.31. The first-order valence-electron chi connectivity index (χ1n) is 8.69. The number of aromatic nitrogens is 1. The monoisotopic (exact) mass is 429 g/mol. The standard InChI is InChI=1S/C20H27N3O3.2ClH/c1-14(12-21-3)20(24)23-15(2)17-5-6-18(19(11-17)25-4)26-13-16-7-9-22-10-8-16;;/h5-11,14-15,21H,12-13H2,1-4H3,(H,23,24);2*1H. The molecule has 6 nitrogen and oxygen atoms in total. The van der Waals surface area contributed by atoms with Crippen LogP contribution in [0.25, 0.3) is 0 Å². The maximum Gasteiger partial charge on any atom is 0.224 e. The van der Waals surface area contributed by atoms with Crippen LogP contribution in [0.5, 0.6) is 11.5 Å². The summed E-state index contributed by atoms with van der Waals surface area (Å²) in [5.74, 6) is 1.23. The maximum atomic E-state index is 12.2. The Hall–Kier alpha value is -2.02. The van der Waals surface area contributed by atoms with Crippen LogP contribution < -0.4 is 20.1 Å². The van der Waals surface area contributed by atoms with Crippen LogP contribution in [0.15, 0.2) is 42.7 Å². The summed E-state index contributed by atoms with van der Waals surface area (Å²) in [5.41, 5.74) is 1.99. The van der Waals surface area contributed by atoms with Crippen molar-refractivity contribution < 1.29 is 14.3 Å². The number of halogens is 2. The van der Waals surface area contributed by atoms with Gasteiger partial charge in [0, 0.05) is 24.9 Å². The summed E-state index contributed by atoms with van der Waals surface area (Å²) >= 11 is 0. The van der Waals surface area contributed by atoms with Crippen molar-refractivity contribution in [2.24, 2.45) is 5.92 Å². The summed E-state index contributed by atoms with van der Waals surface area (Å²) < 4.78 is 11.3. The molecule has 0 aliphatic carbocycles. The van der Waals surface area contributed by atoms with Gasteiger partial charge in [0.2, 0.25) is 5.91 Å². The van der Waals surface area contributed by atoms with Gasteiger partial charge in [-0.05, 0) is 49.4 Å². The molecule has 0 aliphatic heterocycles. The molecule has 2 aromatic rings. The number of carbonyl (C=O) groups is 1. The van der Waals surface area contributed by atoms with Gasteiger partial charge in [-0.15, -0.1) is 24.8 Å². The molecule has 1 aromatic carbocycles. The lowest BCUT2D eigenvalue weighted by atomic mass is 10.1. The molecule has 2 N–H and O–H groups in total. The van der Waals surface area contributed by atoms with Crippen molar-refractivity contribution in [2.75, 3.05) is 20.7 Å². The Kier molecular flexibility index (Phi) is 12.3. The van der Waals surface area contributed by atoms with Gasteiger partial charge in [0.1, 0.15) is 6.61 Å². The van der Waals surface area contributed by atoms with E-state index < -0.39 is 0 Å². The topological polar surface area (TPSA) is 72.5 Å². The highest BCUT2D eigenvalue weighted by Gasteiger charge is 2.17. The number of benzene rings is 1. The van der Waals surface area contributed by atoms with Crippen LogP contribution >= 0.6 is 24.8 Å². The SMILES string of the molecule is CNCC(C)C(=O)NC(C)c1ccc(OCc2ccncc2)c(OC)c1.Cl.Cl. The minimum atomic E-state index is -0.120. The summed E-state index contributed by atoms with van der Waals surface area (Å²) in [5, 5.41) is 6.04. The average Bonchev–Trinajstić information content (AvgIpc) is 2.67. The molecule has 1 heterocycles. The number of amides is 1. The first-order valence-corrected chi connectivity index (χ1v) is 8.69. The van der Waals surface area contributed by atoms with E-state index in [0.717, 1.165) is 11.1 Å². The van der Waals surface area contributed by atoms with E-state index in [1.807, 2.05) is 51.2 Å². The number of rotatable bonds is 9. The third-order valence-corrected chi connectivity index (χ3v) is 4.15. The Balaban J connectivity index is 0.00000364. The summed E-state index contributed by atoms with van der Waals surface area (Å²) in [6.07, 6.45) is 3.47. The van der Waals surface area contributed by atoms with Gasteiger partial charge in [-0.1, -0.05) is 13.0 Å². The molecule has 2 rings (SSSR count). The largest absolute Gasteiger partial charge is 0.493 e. The number of ether oxygens (including phenoxy) is 2. The third kappa shape index (κ3) is 7.54. The van der Waals surface area contributed by atoms with Gasteiger partial charge in [-0.25, -0.2) is 0 Å². The summed E-state index contributed by atoms with van der Waals surface area (Å²) in [4.78, 5) is 16.2. The Morgan fingerprint density at radius 2 is 1.79 bits per heavy atom. The molecule has 156 valence electrons.